The van der Waals surface area contributed by atoms with Crippen LogP contribution in [0.25, 0.3) is 11.1 Å². The molecule has 1 heterocycles. The molecule has 0 saturated heterocycles. The maximum absolute atomic E-state index is 12.2. The lowest BCUT2D eigenvalue weighted by Gasteiger charge is -2.09. The van der Waals surface area contributed by atoms with E-state index in [4.69, 9.17) is 4.74 Å². The number of carboxylic acids is 1. The maximum Gasteiger partial charge on any atom is 0.337 e. The van der Waals surface area contributed by atoms with E-state index in [1.807, 2.05) is 18.2 Å². The number of carbonyl (C=O) groups excluding carboxylic acids is 1. The fourth-order valence-corrected chi connectivity index (χ4v) is 3.48. The lowest BCUT2D eigenvalue weighted by molar-refractivity contribution is -0.116. The number of carboxylic acid groups (broad SMARTS) is 1. The van der Waals surface area contributed by atoms with Crippen LogP contribution in [0.2, 0.25) is 0 Å². The van der Waals surface area contributed by atoms with Crippen molar-refractivity contribution in [2.75, 3.05) is 11.9 Å². The summed E-state index contributed by atoms with van der Waals surface area (Å²) in [5.74, 6) is -0.295. The van der Waals surface area contributed by atoms with E-state index in [2.05, 4.69) is 29.6 Å². The van der Waals surface area contributed by atoms with Gasteiger partial charge in [-0.3, -0.25) is 4.79 Å². The molecule has 0 bridgehead atoms. The summed E-state index contributed by atoms with van der Waals surface area (Å²) < 4.78 is 5.56. The molecule has 0 radical (unpaired) electrons. The summed E-state index contributed by atoms with van der Waals surface area (Å²) in [7, 11) is 0. The van der Waals surface area contributed by atoms with Gasteiger partial charge < -0.3 is 15.2 Å². The molecule has 0 aliphatic carbocycles. The second kappa shape index (κ2) is 8.19. The molecule has 0 unspecified atom stereocenters. The molecule has 2 N–H and O–H groups in total. The minimum Gasteiger partial charge on any atom is -0.493 e. The van der Waals surface area contributed by atoms with Crippen LogP contribution in [0.1, 0.15) is 27.9 Å². The fourth-order valence-electron chi connectivity index (χ4n) is 3.48. The van der Waals surface area contributed by atoms with Crippen molar-refractivity contribution < 1.29 is 19.4 Å². The van der Waals surface area contributed by atoms with Crippen LogP contribution < -0.4 is 10.1 Å². The molecule has 0 aromatic heterocycles. The van der Waals surface area contributed by atoms with Gasteiger partial charge in [0, 0.05) is 12.8 Å². The summed E-state index contributed by atoms with van der Waals surface area (Å²) in [4.78, 5) is 23.5. The number of para-hydroxylation sites is 1. The largest absolute Gasteiger partial charge is 0.493 e. The average molecular weight is 387 g/mol. The SMILES string of the molecule is O=C(CCc1ccc(-c2ccc3c(c2)CCO3)cc1)Nc1ccccc1C(=O)O. The number of nitrogens with one attached hydrogen (secondary N) is 1. The number of aromatic carboxylic acids is 1. The standard InChI is InChI=1S/C24H21NO4/c26-23(25-21-4-2-1-3-20(21)24(27)28)12-7-16-5-8-17(9-6-16)18-10-11-22-19(15-18)13-14-29-22/h1-6,8-11,15H,7,12-14H2,(H,25,26)(H,27,28). The Hall–Kier alpha value is -3.60. The third-order valence-corrected chi connectivity index (χ3v) is 5.05. The van der Waals surface area contributed by atoms with Crippen molar-refractivity contribution >= 4 is 17.6 Å². The Labute approximate surface area is 169 Å². The van der Waals surface area contributed by atoms with Crippen LogP contribution in [-0.2, 0) is 17.6 Å². The first-order valence-corrected chi connectivity index (χ1v) is 9.57. The van der Waals surface area contributed by atoms with E-state index >= 15 is 0 Å². The molecule has 3 aromatic rings. The summed E-state index contributed by atoms with van der Waals surface area (Å²) in [6.07, 6.45) is 1.81. The highest BCUT2D eigenvalue weighted by molar-refractivity contribution is 6.00. The highest BCUT2D eigenvalue weighted by atomic mass is 16.5. The first kappa shape index (κ1) is 18.7. The second-order valence-electron chi connectivity index (χ2n) is 7.02. The minimum absolute atomic E-state index is 0.0879. The Bertz CT molecular complexity index is 1060. The Morgan fingerprint density at radius 3 is 2.52 bits per heavy atom. The van der Waals surface area contributed by atoms with E-state index in [1.54, 1.807) is 18.2 Å². The predicted octanol–water partition coefficient (Wildman–Crippen LogP) is 4.56. The summed E-state index contributed by atoms with van der Waals surface area (Å²) >= 11 is 0. The van der Waals surface area contributed by atoms with Crippen molar-refractivity contribution in [2.45, 2.75) is 19.3 Å². The molecule has 1 amide bonds. The molecule has 146 valence electrons. The van der Waals surface area contributed by atoms with Gasteiger partial charge in [0.25, 0.3) is 0 Å². The summed E-state index contributed by atoms with van der Waals surface area (Å²) in [5, 5.41) is 11.9. The number of ether oxygens (including phenoxy) is 1. The van der Waals surface area contributed by atoms with Crippen LogP contribution in [-0.4, -0.2) is 23.6 Å². The molecular formula is C24H21NO4. The number of fused-ring (bicyclic) bond motifs is 1. The summed E-state index contributed by atoms with van der Waals surface area (Å²) in [6.45, 7) is 0.747. The van der Waals surface area contributed by atoms with E-state index in [0.29, 0.717) is 12.1 Å². The summed E-state index contributed by atoms with van der Waals surface area (Å²) in [6, 6.07) is 20.8. The third kappa shape index (κ3) is 4.29. The van der Waals surface area contributed by atoms with Crippen LogP contribution in [0, 0.1) is 0 Å². The van der Waals surface area contributed by atoms with Crippen LogP contribution in [0.15, 0.2) is 66.7 Å². The molecule has 1 aliphatic heterocycles. The number of anilines is 1. The number of aryl methyl sites for hydroxylation is 1. The Balaban J connectivity index is 1.37. The van der Waals surface area contributed by atoms with E-state index < -0.39 is 5.97 Å². The fraction of sp³-hybridized carbons (Fsp3) is 0.167. The van der Waals surface area contributed by atoms with Crippen LogP contribution >= 0.6 is 0 Å². The van der Waals surface area contributed by atoms with Crippen LogP contribution in [0.3, 0.4) is 0 Å². The first-order valence-electron chi connectivity index (χ1n) is 9.57. The maximum atomic E-state index is 12.2. The van der Waals surface area contributed by atoms with Crippen molar-refractivity contribution in [3.05, 3.63) is 83.4 Å². The van der Waals surface area contributed by atoms with Gasteiger partial charge in [0.05, 0.1) is 17.9 Å². The van der Waals surface area contributed by atoms with Crippen LogP contribution in [0.4, 0.5) is 5.69 Å². The summed E-state index contributed by atoms with van der Waals surface area (Å²) in [5.41, 5.74) is 4.99. The zero-order chi connectivity index (χ0) is 20.2. The quantitative estimate of drug-likeness (QED) is 0.650. The monoisotopic (exact) mass is 387 g/mol. The van der Waals surface area contributed by atoms with E-state index in [0.717, 1.165) is 35.5 Å². The molecule has 0 atom stereocenters. The number of carbonyl (C=O) groups is 2. The topological polar surface area (TPSA) is 75.6 Å². The van der Waals surface area contributed by atoms with Crippen LogP contribution in [0.5, 0.6) is 5.75 Å². The smallest absolute Gasteiger partial charge is 0.337 e. The van der Waals surface area contributed by atoms with Crippen molar-refractivity contribution in [2.24, 2.45) is 0 Å². The molecular weight excluding hydrogens is 366 g/mol. The minimum atomic E-state index is -1.06. The van der Waals surface area contributed by atoms with E-state index in [1.165, 1.54) is 11.6 Å². The first-order chi connectivity index (χ1) is 14.1. The van der Waals surface area contributed by atoms with Gasteiger partial charge in [0.2, 0.25) is 5.91 Å². The lowest BCUT2D eigenvalue weighted by atomic mass is 9.99. The van der Waals surface area contributed by atoms with Gasteiger partial charge in [-0.05, 0) is 52.9 Å². The van der Waals surface area contributed by atoms with Gasteiger partial charge in [-0.15, -0.1) is 0 Å². The number of hydrogen-bond acceptors (Lipinski definition) is 3. The van der Waals surface area contributed by atoms with Crippen molar-refractivity contribution in [1.29, 1.82) is 0 Å². The third-order valence-electron chi connectivity index (χ3n) is 5.05. The molecule has 29 heavy (non-hydrogen) atoms. The Morgan fingerprint density at radius 2 is 1.72 bits per heavy atom. The Morgan fingerprint density at radius 1 is 0.966 bits per heavy atom. The van der Waals surface area contributed by atoms with Crippen molar-refractivity contribution in [1.82, 2.24) is 0 Å². The number of rotatable bonds is 6. The van der Waals surface area contributed by atoms with Gasteiger partial charge in [-0.2, -0.15) is 0 Å². The molecule has 1 aliphatic rings. The number of benzene rings is 3. The molecule has 0 fully saturated rings. The lowest BCUT2D eigenvalue weighted by Crippen LogP contribution is -2.15. The van der Waals surface area contributed by atoms with Gasteiger partial charge in [0.15, 0.2) is 0 Å². The average Bonchev–Trinajstić information content (AvgIpc) is 3.21. The van der Waals surface area contributed by atoms with Crippen molar-refractivity contribution in [3.63, 3.8) is 0 Å². The van der Waals surface area contributed by atoms with E-state index in [9.17, 15) is 14.7 Å². The highest BCUT2D eigenvalue weighted by Crippen LogP contribution is 2.30. The predicted molar refractivity (Wildman–Crippen MR) is 111 cm³/mol. The Kier molecular flexibility index (Phi) is 5.29. The second-order valence-corrected chi connectivity index (χ2v) is 7.02. The van der Waals surface area contributed by atoms with E-state index in [-0.39, 0.29) is 17.9 Å². The molecule has 4 rings (SSSR count). The van der Waals surface area contributed by atoms with Gasteiger partial charge in [0.1, 0.15) is 5.75 Å². The zero-order valence-corrected chi connectivity index (χ0v) is 15.9. The number of amides is 1. The van der Waals surface area contributed by atoms with Gasteiger partial charge in [-0.25, -0.2) is 4.79 Å². The highest BCUT2D eigenvalue weighted by Gasteiger charge is 2.13. The van der Waals surface area contributed by atoms with Gasteiger partial charge >= 0.3 is 5.97 Å². The molecule has 5 nitrogen and oxygen atoms in total. The molecule has 3 aromatic carbocycles. The number of hydrogen-bond donors (Lipinski definition) is 2. The van der Waals surface area contributed by atoms with Gasteiger partial charge in [-0.1, -0.05) is 42.5 Å². The molecule has 0 saturated carbocycles. The molecule has 5 heteroatoms. The normalized spacial score (nSPS) is 12.1. The zero-order valence-electron chi connectivity index (χ0n) is 15.9. The van der Waals surface area contributed by atoms with Crippen molar-refractivity contribution in [3.8, 4) is 16.9 Å². The molecule has 0 spiro atoms.